The molecule has 1 aromatic heterocycles. The average Bonchev–Trinajstić information content (AvgIpc) is 2.72. The summed E-state index contributed by atoms with van der Waals surface area (Å²) in [5, 5.41) is 14.5. The summed E-state index contributed by atoms with van der Waals surface area (Å²) in [6, 6.07) is 17.1. The fraction of sp³-hybridized carbons (Fsp3) is 0.250. The van der Waals surface area contributed by atoms with E-state index in [2.05, 4.69) is 25.9 Å². The van der Waals surface area contributed by atoms with E-state index < -0.39 is 0 Å². The number of oxime groups is 1. The molecule has 4 rings (SSSR count). The van der Waals surface area contributed by atoms with Crippen LogP contribution >= 0.6 is 23.2 Å². The predicted molar refractivity (Wildman–Crippen MR) is 122 cm³/mol. The Balaban J connectivity index is 1.97. The van der Waals surface area contributed by atoms with Gasteiger partial charge >= 0.3 is 0 Å². The molecule has 0 amide bonds. The zero-order valence-corrected chi connectivity index (χ0v) is 18.5. The molecule has 1 N–H and O–H groups in total. The summed E-state index contributed by atoms with van der Waals surface area (Å²) in [7, 11) is 0. The molecule has 0 bridgehead atoms. The maximum atomic E-state index is 9.72. The van der Waals surface area contributed by atoms with Crippen molar-refractivity contribution in [1.82, 2.24) is 4.98 Å². The number of benzene rings is 2. The highest BCUT2D eigenvalue weighted by atomic mass is 35.5. The Morgan fingerprint density at radius 1 is 1.00 bits per heavy atom. The second-order valence-electron chi connectivity index (χ2n) is 8.45. The lowest BCUT2D eigenvalue weighted by atomic mass is 9.83. The molecular formula is C24H22Cl2N2O2. The molecule has 1 aliphatic rings. The first-order chi connectivity index (χ1) is 14.3. The average molecular weight is 441 g/mol. The van der Waals surface area contributed by atoms with Crippen molar-refractivity contribution in [2.75, 3.05) is 0 Å². The van der Waals surface area contributed by atoms with Crippen molar-refractivity contribution in [1.29, 1.82) is 0 Å². The Hall–Kier alpha value is -2.56. The fourth-order valence-electron chi connectivity index (χ4n) is 3.54. The smallest absolute Gasteiger partial charge is 0.223 e. The number of fused-ring (bicyclic) bond motifs is 1. The standard InChI is InChI=1S/C24H22Cl2N2O2/c1-24(2,3)21-13-20(28-29)18-12-17(14-8-10-15(25)11-9-14)22(27-23(18)30-21)16-6-4-5-7-19(16)26/h4-12,21,29H,13H2,1-3H3/b28-20+. The van der Waals surface area contributed by atoms with Gasteiger partial charge in [-0.15, -0.1) is 0 Å². The molecule has 2 heterocycles. The fourth-order valence-corrected chi connectivity index (χ4v) is 3.89. The topological polar surface area (TPSA) is 54.7 Å². The van der Waals surface area contributed by atoms with Crippen LogP contribution in [0.1, 0.15) is 32.8 Å². The van der Waals surface area contributed by atoms with Gasteiger partial charge in [-0.05, 0) is 35.2 Å². The van der Waals surface area contributed by atoms with Crippen LogP contribution < -0.4 is 4.74 Å². The van der Waals surface area contributed by atoms with Gasteiger partial charge in [-0.2, -0.15) is 0 Å². The van der Waals surface area contributed by atoms with Gasteiger partial charge in [0.05, 0.1) is 17.0 Å². The Labute approximate surface area is 186 Å². The van der Waals surface area contributed by atoms with Gasteiger partial charge in [0.25, 0.3) is 0 Å². The van der Waals surface area contributed by atoms with Crippen molar-refractivity contribution in [2.45, 2.75) is 33.3 Å². The molecule has 4 nitrogen and oxygen atoms in total. The molecule has 0 saturated heterocycles. The summed E-state index contributed by atoms with van der Waals surface area (Å²) >= 11 is 12.6. The van der Waals surface area contributed by atoms with Crippen LogP contribution in [0.15, 0.2) is 59.8 Å². The minimum absolute atomic E-state index is 0.144. The number of nitrogens with zero attached hydrogens (tertiary/aromatic N) is 2. The van der Waals surface area contributed by atoms with Crippen LogP contribution in [0.3, 0.4) is 0 Å². The molecule has 0 radical (unpaired) electrons. The number of hydrogen-bond acceptors (Lipinski definition) is 4. The third-order valence-electron chi connectivity index (χ3n) is 5.30. The van der Waals surface area contributed by atoms with E-state index in [1.54, 1.807) is 0 Å². The van der Waals surface area contributed by atoms with Gasteiger partial charge in [-0.3, -0.25) is 0 Å². The van der Waals surface area contributed by atoms with E-state index in [-0.39, 0.29) is 11.5 Å². The zero-order valence-electron chi connectivity index (χ0n) is 17.0. The van der Waals surface area contributed by atoms with Crippen molar-refractivity contribution >= 4 is 28.9 Å². The highest BCUT2D eigenvalue weighted by Crippen LogP contribution is 2.41. The van der Waals surface area contributed by atoms with Crippen molar-refractivity contribution < 1.29 is 9.94 Å². The minimum Gasteiger partial charge on any atom is -0.473 e. The van der Waals surface area contributed by atoms with Crippen LogP contribution in [0.4, 0.5) is 0 Å². The van der Waals surface area contributed by atoms with Crippen LogP contribution in [-0.4, -0.2) is 22.0 Å². The Bertz CT molecular complexity index is 1120. The van der Waals surface area contributed by atoms with E-state index in [9.17, 15) is 5.21 Å². The largest absolute Gasteiger partial charge is 0.473 e. The van der Waals surface area contributed by atoms with Gasteiger partial charge in [-0.1, -0.05) is 79.5 Å². The molecule has 0 aliphatic carbocycles. The summed E-state index contributed by atoms with van der Waals surface area (Å²) in [5.41, 5.74) is 4.39. The molecule has 0 spiro atoms. The van der Waals surface area contributed by atoms with Gasteiger partial charge in [0, 0.05) is 27.6 Å². The summed E-state index contributed by atoms with van der Waals surface area (Å²) in [6.07, 6.45) is 0.337. The van der Waals surface area contributed by atoms with Crippen molar-refractivity contribution in [3.05, 3.63) is 70.2 Å². The van der Waals surface area contributed by atoms with Crippen LogP contribution in [0, 0.1) is 5.41 Å². The van der Waals surface area contributed by atoms with Crippen molar-refractivity contribution in [3.8, 4) is 28.3 Å². The Morgan fingerprint density at radius 3 is 2.33 bits per heavy atom. The normalized spacial score (nSPS) is 17.5. The predicted octanol–water partition coefficient (Wildman–Crippen LogP) is 7.10. The third kappa shape index (κ3) is 3.90. The maximum absolute atomic E-state index is 9.72. The summed E-state index contributed by atoms with van der Waals surface area (Å²) in [4.78, 5) is 4.87. The molecular weight excluding hydrogens is 419 g/mol. The molecule has 3 aromatic rings. The van der Waals surface area contributed by atoms with Crippen LogP contribution in [0.25, 0.3) is 22.4 Å². The highest BCUT2D eigenvalue weighted by Gasteiger charge is 2.35. The number of aromatic nitrogens is 1. The van der Waals surface area contributed by atoms with Gasteiger partial charge in [0.2, 0.25) is 5.88 Å². The van der Waals surface area contributed by atoms with Gasteiger partial charge in [0.15, 0.2) is 0 Å². The van der Waals surface area contributed by atoms with E-state index in [1.807, 2.05) is 54.6 Å². The molecule has 2 aromatic carbocycles. The van der Waals surface area contributed by atoms with E-state index in [0.717, 1.165) is 16.7 Å². The van der Waals surface area contributed by atoms with Gasteiger partial charge in [0.1, 0.15) is 6.10 Å². The Kier molecular flexibility index (Phi) is 5.48. The maximum Gasteiger partial charge on any atom is 0.223 e. The number of pyridine rings is 1. The van der Waals surface area contributed by atoms with Crippen LogP contribution in [0.5, 0.6) is 5.88 Å². The monoisotopic (exact) mass is 440 g/mol. The Morgan fingerprint density at radius 2 is 1.70 bits per heavy atom. The first-order valence-corrected chi connectivity index (χ1v) is 10.5. The van der Waals surface area contributed by atoms with E-state index in [0.29, 0.717) is 39.3 Å². The molecule has 154 valence electrons. The third-order valence-corrected chi connectivity index (χ3v) is 5.88. The lowest BCUT2D eigenvalue weighted by Crippen LogP contribution is -2.38. The zero-order chi connectivity index (χ0) is 21.5. The molecule has 0 fully saturated rings. The molecule has 6 heteroatoms. The number of hydrogen-bond donors (Lipinski definition) is 1. The molecule has 0 saturated carbocycles. The quantitative estimate of drug-likeness (QED) is 0.341. The van der Waals surface area contributed by atoms with Crippen LogP contribution in [0.2, 0.25) is 10.0 Å². The summed E-state index contributed by atoms with van der Waals surface area (Å²) in [6.45, 7) is 6.28. The number of halogens is 2. The number of ether oxygens (including phenoxy) is 1. The van der Waals surface area contributed by atoms with Gasteiger partial charge in [-0.25, -0.2) is 4.98 Å². The molecule has 1 unspecified atom stereocenters. The SMILES string of the molecule is CC(C)(C)C1C/C(=N\O)c2cc(-c3ccc(Cl)cc3)c(-c3ccccc3Cl)nc2O1. The number of rotatable bonds is 2. The summed E-state index contributed by atoms with van der Waals surface area (Å²) < 4.78 is 6.27. The van der Waals surface area contributed by atoms with E-state index >= 15 is 0 Å². The lowest BCUT2D eigenvalue weighted by molar-refractivity contribution is 0.0823. The second-order valence-corrected chi connectivity index (χ2v) is 9.29. The molecule has 1 aliphatic heterocycles. The molecule has 1 atom stereocenters. The highest BCUT2D eigenvalue weighted by molar-refractivity contribution is 6.33. The lowest BCUT2D eigenvalue weighted by Gasteiger charge is -2.35. The van der Waals surface area contributed by atoms with E-state index in [4.69, 9.17) is 32.9 Å². The summed E-state index contributed by atoms with van der Waals surface area (Å²) in [5.74, 6) is 0.446. The van der Waals surface area contributed by atoms with Gasteiger partial charge < -0.3 is 9.94 Å². The molecule has 30 heavy (non-hydrogen) atoms. The van der Waals surface area contributed by atoms with Crippen molar-refractivity contribution in [2.24, 2.45) is 10.6 Å². The first-order valence-electron chi connectivity index (χ1n) is 9.72. The second kappa shape index (κ2) is 7.93. The van der Waals surface area contributed by atoms with E-state index in [1.165, 1.54) is 0 Å². The first kappa shape index (κ1) is 20.7. The van der Waals surface area contributed by atoms with Crippen LogP contribution in [-0.2, 0) is 0 Å². The minimum atomic E-state index is -0.163. The van der Waals surface area contributed by atoms with Crippen molar-refractivity contribution in [3.63, 3.8) is 0 Å².